The molecule has 2 aromatic rings. The van der Waals surface area contributed by atoms with E-state index in [4.69, 9.17) is 4.74 Å². The molecule has 7 nitrogen and oxygen atoms in total. The quantitative estimate of drug-likeness (QED) is 0.842. The van der Waals surface area contributed by atoms with Gasteiger partial charge in [-0.3, -0.25) is 9.59 Å². The van der Waals surface area contributed by atoms with E-state index in [0.29, 0.717) is 15.7 Å². The van der Waals surface area contributed by atoms with Crippen molar-refractivity contribution in [2.24, 2.45) is 0 Å². The molecule has 2 amide bonds. The fraction of sp³-hybridized carbons (Fsp3) is 0.222. The number of nitrogens with zero attached hydrogens (tertiary/aromatic N) is 1. The molecule has 0 radical (unpaired) electrons. The van der Waals surface area contributed by atoms with Crippen molar-refractivity contribution in [2.75, 3.05) is 12.4 Å². The van der Waals surface area contributed by atoms with E-state index in [2.05, 4.69) is 5.32 Å². The minimum Gasteiger partial charge on any atom is -0.497 e. The molecular weight excluding hydrogens is 375 g/mol. The van der Waals surface area contributed by atoms with Crippen LogP contribution in [0.3, 0.4) is 0 Å². The molecule has 0 aromatic heterocycles. The van der Waals surface area contributed by atoms with E-state index >= 15 is 0 Å². The number of hydrogen-bond donors (Lipinski definition) is 1. The number of rotatable bonds is 5. The number of amides is 2. The van der Waals surface area contributed by atoms with Crippen molar-refractivity contribution in [1.82, 2.24) is 4.31 Å². The summed E-state index contributed by atoms with van der Waals surface area (Å²) in [6.45, 7) is 0. The van der Waals surface area contributed by atoms with Gasteiger partial charge in [0.2, 0.25) is 11.8 Å². The maximum atomic E-state index is 13.1. The molecule has 0 saturated carbocycles. The average Bonchev–Trinajstić information content (AvgIpc) is 3.05. The second-order valence-corrected chi connectivity index (χ2v) is 7.74. The molecule has 1 heterocycles. The predicted octanol–water partition coefficient (Wildman–Crippen LogP) is 2.15. The summed E-state index contributed by atoms with van der Waals surface area (Å²) in [5, 5.41) is 2.60. The molecule has 0 spiro atoms. The summed E-state index contributed by atoms with van der Waals surface area (Å²) in [6, 6.07) is 9.47. The molecule has 1 aliphatic heterocycles. The van der Waals surface area contributed by atoms with Crippen LogP contribution in [0.2, 0.25) is 0 Å². The Labute approximate surface area is 155 Å². The third-order valence-electron chi connectivity index (χ3n) is 4.17. The molecule has 9 heteroatoms. The number of sulfonamides is 1. The standard InChI is InChI=1S/C18H17FN2O5S/c1-26-14-4-2-3-13(11-14)20-18(23)16-9-10-17(22)21(16)27(24,25)15-7-5-12(19)6-8-15/h2-8,11,16H,9-10H2,1H3,(H,20,23). The summed E-state index contributed by atoms with van der Waals surface area (Å²) in [7, 11) is -2.79. The molecular formula is C18H17FN2O5S. The van der Waals surface area contributed by atoms with Crippen molar-refractivity contribution < 1.29 is 27.1 Å². The molecule has 1 N–H and O–H groups in total. The number of methoxy groups -OCH3 is 1. The molecule has 1 unspecified atom stereocenters. The zero-order valence-corrected chi connectivity index (χ0v) is 15.2. The minimum absolute atomic E-state index is 0.0645. The van der Waals surface area contributed by atoms with Gasteiger partial charge in [0.05, 0.1) is 12.0 Å². The van der Waals surface area contributed by atoms with Gasteiger partial charge in [0.15, 0.2) is 0 Å². The predicted molar refractivity (Wildman–Crippen MR) is 95.1 cm³/mol. The number of nitrogens with one attached hydrogen (secondary N) is 1. The summed E-state index contributed by atoms with van der Waals surface area (Å²) in [5.74, 6) is -1.38. The van der Waals surface area contributed by atoms with Gasteiger partial charge < -0.3 is 10.1 Å². The smallest absolute Gasteiger partial charge is 0.267 e. The first kappa shape index (κ1) is 18.8. The van der Waals surface area contributed by atoms with Crippen LogP contribution in [0.5, 0.6) is 5.75 Å². The Bertz CT molecular complexity index is 976. The molecule has 3 rings (SSSR count). The Morgan fingerprint density at radius 3 is 2.59 bits per heavy atom. The molecule has 1 saturated heterocycles. The van der Waals surface area contributed by atoms with Crippen LogP contribution in [0, 0.1) is 5.82 Å². The molecule has 1 atom stereocenters. The van der Waals surface area contributed by atoms with Gasteiger partial charge in [-0.2, -0.15) is 0 Å². The fourth-order valence-corrected chi connectivity index (χ4v) is 4.45. The highest BCUT2D eigenvalue weighted by Crippen LogP contribution is 2.28. The largest absolute Gasteiger partial charge is 0.497 e. The van der Waals surface area contributed by atoms with E-state index in [0.717, 1.165) is 24.3 Å². The van der Waals surface area contributed by atoms with E-state index in [-0.39, 0.29) is 17.7 Å². The van der Waals surface area contributed by atoms with Gasteiger partial charge in [0.1, 0.15) is 17.6 Å². The second kappa shape index (κ2) is 7.36. The van der Waals surface area contributed by atoms with E-state index in [9.17, 15) is 22.4 Å². The maximum Gasteiger partial charge on any atom is 0.267 e. The topological polar surface area (TPSA) is 92.8 Å². The molecule has 142 valence electrons. The summed E-state index contributed by atoms with van der Waals surface area (Å²) in [4.78, 5) is 24.6. The average molecular weight is 392 g/mol. The number of anilines is 1. The fourth-order valence-electron chi connectivity index (χ4n) is 2.85. The van der Waals surface area contributed by atoms with Crippen LogP contribution in [-0.4, -0.2) is 37.7 Å². The number of hydrogen-bond acceptors (Lipinski definition) is 5. The van der Waals surface area contributed by atoms with E-state index in [1.165, 1.54) is 7.11 Å². The highest BCUT2D eigenvalue weighted by molar-refractivity contribution is 7.89. The van der Waals surface area contributed by atoms with Crippen LogP contribution < -0.4 is 10.1 Å². The van der Waals surface area contributed by atoms with Gasteiger partial charge >= 0.3 is 0 Å². The first-order valence-electron chi connectivity index (χ1n) is 8.10. The normalized spacial score (nSPS) is 17.0. The third kappa shape index (κ3) is 3.77. The first-order chi connectivity index (χ1) is 12.8. The number of halogens is 1. The molecule has 1 fully saturated rings. The number of carbonyl (C=O) groups is 2. The van der Waals surface area contributed by atoms with Crippen molar-refractivity contribution >= 4 is 27.5 Å². The van der Waals surface area contributed by atoms with Gasteiger partial charge in [-0.1, -0.05) is 6.07 Å². The second-order valence-electron chi connectivity index (χ2n) is 5.92. The molecule has 0 aliphatic carbocycles. The summed E-state index contributed by atoms with van der Waals surface area (Å²) in [6.07, 6.45) is -0.00825. The van der Waals surface area contributed by atoms with E-state index in [1.54, 1.807) is 24.3 Å². The van der Waals surface area contributed by atoms with Gasteiger partial charge in [-0.15, -0.1) is 0 Å². The Hall–Kier alpha value is -2.94. The zero-order valence-electron chi connectivity index (χ0n) is 14.4. The lowest BCUT2D eigenvalue weighted by Gasteiger charge is -2.23. The number of ether oxygens (including phenoxy) is 1. The lowest BCUT2D eigenvalue weighted by molar-refractivity contribution is -0.128. The van der Waals surface area contributed by atoms with Gasteiger partial charge in [0, 0.05) is 18.2 Å². The van der Waals surface area contributed by atoms with Crippen LogP contribution >= 0.6 is 0 Å². The van der Waals surface area contributed by atoms with Crippen LogP contribution in [0.25, 0.3) is 0 Å². The highest BCUT2D eigenvalue weighted by Gasteiger charge is 2.44. The Balaban J connectivity index is 1.87. The number of benzene rings is 2. The third-order valence-corrected chi connectivity index (χ3v) is 6.01. The number of carbonyl (C=O) groups excluding carboxylic acids is 2. The minimum atomic E-state index is -4.27. The van der Waals surface area contributed by atoms with Crippen LogP contribution in [0.15, 0.2) is 53.4 Å². The molecule has 0 bridgehead atoms. The van der Waals surface area contributed by atoms with E-state index < -0.39 is 33.7 Å². The Morgan fingerprint density at radius 2 is 1.93 bits per heavy atom. The maximum absolute atomic E-state index is 13.1. The molecule has 2 aromatic carbocycles. The highest BCUT2D eigenvalue weighted by atomic mass is 32.2. The van der Waals surface area contributed by atoms with Crippen molar-refractivity contribution in [3.8, 4) is 5.75 Å². The van der Waals surface area contributed by atoms with Crippen LogP contribution in [0.1, 0.15) is 12.8 Å². The van der Waals surface area contributed by atoms with Gasteiger partial charge in [-0.05, 0) is 42.8 Å². The Morgan fingerprint density at radius 1 is 1.22 bits per heavy atom. The molecule has 1 aliphatic rings. The molecule has 27 heavy (non-hydrogen) atoms. The van der Waals surface area contributed by atoms with Crippen LogP contribution in [0.4, 0.5) is 10.1 Å². The van der Waals surface area contributed by atoms with Gasteiger partial charge in [0.25, 0.3) is 10.0 Å². The summed E-state index contributed by atoms with van der Waals surface area (Å²) < 4.78 is 44.4. The first-order valence-corrected chi connectivity index (χ1v) is 9.54. The lowest BCUT2D eigenvalue weighted by atomic mass is 10.2. The van der Waals surface area contributed by atoms with Gasteiger partial charge in [-0.25, -0.2) is 17.1 Å². The summed E-state index contributed by atoms with van der Waals surface area (Å²) >= 11 is 0. The zero-order chi connectivity index (χ0) is 19.6. The van der Waals surface area contributed by atoms with Crippen molar-refractivity contribution in [3.63, 3.8) is 0 Å². The van der Waals surface area contributed by atoms with Crippen molar-refractivity contribution in [3.05, 3.63) is 54.3 Å². The van der Waals surface area contributed by atoms with Crippen molar-refractivity contribution in [2.45, 2.75) is 23.8 Å². The monoisotopic (exact) mass is 392 g/mol. The van der Waals surface area contributed by atoms with E-state index in [1.807, 2.05) is 0 Å². The lowest BCUT2D eigenvalue weighted by Crippen LogP contribution is -2.45. The van der Waals surface area contributed by atoms with Crippen molar-refractivity contribution in [1.29, 1.82) is 0 Å². The van der Waals surface area contributed by atoms with Crippen LogP contribution in [-0.2, 0) is 19.6 Å². The summed E-state index contributed by atoms with van der Waals surface area (Å²) in [5.41, 5.74) is 0.415. The Kier molecular flexibility index (Phi) is 5.13. The SMILES string of the molecule is COc1cccc(NC(=O)C2CCC(=O)N2S(=O)(=O)c2ccc(F)cc2)c1.